The molecule has 2 rings (SSSR count). The lowest BCUT2D eigenvalue weighted by molar-refractivity contribution is 0.0240. The Morgan fingerprint density at radius 2 is 2.10 bits per heavy atom. The van der Waals surface area contributed by atoms with Gasteiger partial charge >= 0.3 is 6.16 Å². The summed E-state index contributed by atoms with van der Waals surface area (Å²) in [6, 6.07) is 6.30. The van der Waals surface area contributed by atoms with Gasteiger partial charge in [0, 0.05) is 19.0 Å². The standard InChI is InChI=1S/C15H20FNO3/c1-2-3-8-19-15(18)20-14-10-17-9-13(14)11-4-6-12(16)7-5-11/h4-7,13-14,17H,2-3,8-10H2,1H3/t13-,14+/m1/s1. The van der Waals surface area contributed by atoms with Crippen molar-refractivity contribution in [1.29, 1.82) is 0 Å². The summed E-state index contributed by atoms with van der Waals surface area (Å²) in [7, 11) is 0. The molecule has 110 valence electrons. The van der Waals surface area contributed by atoms with Crippen molar-refractivity contribution in [2.24, 2.45) is 0 Å². The molecule has 1 aliphatic rings. The third kappa shape index (κ3) is 3.93. The summed E-state index contributed by atoms with van der Waals surface area (Å²) in [5.74, 6) is -0.231. The SMILES string of the molecule is CCCCOC(=O)O[C@H]1CNC[C@@H]1c1ccc(F)cc1. The van der Waals surface area contributed by atoms with E-state index in [0.29, 0.717) is 19.7 Å². The van der Waals surface area contributed by atoms with Crippen molar-refractivity contribution in [3.63, 3.8) is 0 Å². The predicted molar refractivity (Wildman–Crippen MR) is 73.1 cm³/mol. The number of rotatable bonds is 5. The van der Waals surface area contributed by atoms with E-state index in [1.807, 2.05) is 6.92 Å². The molecule has 0 radical (unpaired) electrons. The zero-order valence-electron chi connectivity index (χ0n) is 11.6. The number of hydrogen-bond donors (Lipinski definition) is 1. The molecule has 5 heteroatoms. The van der Waals surface area contributed by atoms with Crippen LogP contribution in [0.2, 0.25) is 0 Å². The minimum atomic E-state index is -0.626. The second-order valence-corrected chi connectivity index (χ2v) is 4.92. The molecule has 2 atom stereocenters. The van der Waals surface area contributed by atoms with Gasteiger partial charge in [0.15, 0.2) is 0 Å². The molecule has 20 heavy (non-hydrogen) atoms. The molecule has 0 bridgehead atoms. The molecule has 0 aromatic heterocycles. The fraction of sp³-hybridized carbons (Fsp3) is 0.533. The molecule has 1 aromatic carbocycles. The van der Waals surface area contributed by atoms with Gasteiger partial charge in [0.1, 0.15) is 11.9 Å². The molecule has 0 unspecified atom stereocenters. The molecule has 1 aliphatic heterocycles. The van der Waals surface area contributed by atoms with Crippen LogP contribution in [-0.4, -0.2) is 32.0 Å². The van der Waals surface area contributed by atoms with Crippen LogP contribution in [0, 0.1) is 5.82 Å². The van der Waals surface area contributed by atoms with Crippen molar-refractivity contribution in [3.8, 4) is 0 Å². The minimum absolute atomic E-state index is 0.0364. The van der Waals surface area contributed by atoms with Gasteiger partial charge < -0.3 is 14.8 Å². The molecule has 0 saturated carbocycles. The van der Waals surface area contributed by atoms with Crippen LogP contribution in [0.25, 0.3) is 0 Å². The lowest BCUT2D eigenvalue weighted by Crippen LogP contribution is -2.25. The maximum atomic E-state index is 12.9. The number of carbonyl (C=O) groups excluding carboxylic acids is 1. The summed E-state index contributed by atoms with van der Waals surface area (Å²) in [5.41, 5.74) is 0.961. The van der Waals surface area contributed by atoms with E-state index in [0.717, 1.165) is 18.4 Å². The highest BCUT2D eigenvalue weighted by Gasteiger charge is 2.32. The monoisotopic (exact) mass is 281 g/mol. The van der Waals surface area contributed by atoms with Crippen LogP contribution < -0.4 is 5.32 Å². The summed E-state index contributed by atoms with van der Waals surface area (Å²) in [4.78, 5) is 11.6. The average Bonchev–Trinajstić information content (AvgIpc) is 2.88. The van der Waals surface area contributed by atoms with E-state index in [1.54, 1.807) is 12.1 Å². The van der Waals surface area contributed by atoms with Gasteiger partial charge in [-0.25, -0.2) is 9.18 Å². The van der Waals surface area contributed by atoms with Crippen molar-refractivity contribution in [2.45, 2.75) is 31.8 Å². The van der Waals surface area contributed by atoms with Gasteiger partial charge in [0.2, 0.25) is 0 Å². The zero-order chi connectivity index (χ0) is 14.4. The molecule has 1 N–H and O–H groups in total. The number of halogens is 1. The molecule has 1 saturated heterocycles. The zero-order valence-corrected chi connectivity index (χ0v) is 11.6. The van der Waals surface area contributed by atoms with Gasteiger partial charge in [-0.3, -0.25) is 0 Å². The minimum Gasteiger partial charge on any atom is -0.434 e. The van der Waals surface area contributed by atoms with Crippen LogP contribution >= 0.6 is 0 Å². The summed E-state index contributed by atoms with van der Waals surface area (Å²) in [5, 5.41) is 3.18. The molecule has 1 heterocycles. The van der Waals surface area contributed by atoms with Gasteiger partial charge in [-0.15, -0.1) is 0 Å². The second-order valence-electron chi connectivity index (χ2n) is 4.92. The van der Waals surface area contributed by atoms with Gasteiger partial charge in [0.05, 0.1) is 6.61 Å². The highest BCUT2D eigenvalue weighted by Crippen LogP contribution is 2.25. The Morgan fingerprint density at radius 3 is 2.80 bits per heavy atom. The lowest BCUT2D eigenvalue weighted by Gasteiger charge is -2.19. The van der Waals surface area contributed by atoms with Gasteiger partial charge in [0.25, 0.3) is 0 Å². The van der Waals surface area contributed by atoms with Crippen LogP contribution in [0.4, 0.5) is 9.18 Å². The summed E-state index contributed by atoms with van der Waals surface area (Å²) in [6.07, 6.45) is 0.907. The van der Waals surface area contributed by atoms with E-state index in [4.69, 9.17) is 9.47 Å². The molecule has 4 nitrogen and oxygen atoms in total. The molecule has 0 amide bonds. The fourth-order valence-electron chi connectivity index (χ4n) is 2.28. The Kier molecular flexibility index (Phi) is 5.35. The maximum absolute atomic E-state index is 12.9. The molecule has 1 fully saturated rings. The van der Waals surface area contributed by atoms with Crippen LogP contribution in [-0.2, 0) is 9.47 Å². The topological polar surface area (TPSA) is 47.6 Å². The third-order valence-electron chi connectivity index (χ3n) is 3.42. The van der Waals surface area contributed by atoms with E-state index in [9.17, 15) is 9.18 Å². The van der Waals surface area contributed by atoms with Crippen molar-refractivity contribution < 1.29 is 18.7 Å². The largest absolute Gasteiger partial charge is 0.508 e. The number of ether oxygens (including phenoxy) is 2. The summed E-state index contributed by atoms with van der Waals surface area (Å²) >= 11 is 0. The number of carbonyl (C=O) groups is 1. The Hall–Kier alpha value is -1.62. The molecule has 1 aromatic rings. The first-order valence-electron chi connectivity index (χ1n) is 7.00. The second kappa shape index (κ2) is 7.24. The Balaban J connectivity index is 1.90. The van der Waals surface area contributed by atoms with Crippen LogP contribution in [0.3, 0.4) is 0 Å². The van der Waals surface area contributed by atoms with E-state index in [-0.39, 0.29) is 17.8 Å². The predicted octanol–water partition coefficient (Wildman–Crippen LogP) is 2.83. The Morgan fingerprint density at radius 1 is 1.35 bits per heavy atom. The lowest BCUT2D eigenvalue weighted by atomic mass is 9.96. The van der Waals surface area contributed by atoms with Crippen LogP contribution in [0.1, 0.15) is 31.2 Å². The first-order valence-corrected chi connectivity index (χ1v) is 7.00. The van der Waals surface area contributed by atoms with E-state index < -0.39 is 6.16 Å². The van der Waals surface area contributed by atoms with Crippen molar-refractivity contribution >= 4 is 6.16 Å². The highest BCUT2D eigenvalue weighted by molar-refractivity contribution is 5.60. The van der Waals surface area contributed by atoms with E-state index >= 15 is 0 Å². The van der Waals surface area contributed by atoms with Crippen LogP contribution in [0.5, 0.6) is 0 Å². The number of unbranched alkanes of at least 4 members (excludes halogenated alkanes) is 1. The quantitative estimate of drug-likeness (QED) is 0.666. The van der Waals surface area contributed by atoms with E-state index in [2.05, 4.69) is 5.32 Å². The summed E-state index contributed by atoms with van der Waals surface area (Å²) < 4.78 is 23.3. The summed E-state index contributed by atoms with van der Waals surface area (Å²) in [6.45, 7) is 3.71. The first-order chi connectivity index (χ1) is 9.70. The fourth-order valence-corrected chi connectivity index (χ4v) is 2.28. The number of hydrogen-bond acceptors (Lipinski definition) is 4. The molecule has 0 spiro atoms. The smallest absolute Gasteiger partial charge is 0.434 e. The maximum Gasteiger partial charge on any atom is 0.508 e. The van der Waals surface area contributed by atoms with E-state index in [1.165, 1.54) is 12.1 Å². The number of nitrogens with one attached hydrogen (secondary N) is 1. The average molecular weight is 281 g/mol. The first kappa shape index (κ1) is 14.8. The van der Waals surface area contributed by atoms with Crippen molar-refractivity contribution in [1.82, 2.24) is 5.32 Å². The Bertz CT molecular complexity index is 435. The normalized spacial score (nSPS) is 21.7. The van der Waals surface area contributed by atoms with Crippen molar-refractivity contribution in [2.75, 3.05) is 19.7 Å². The molecular formula is C15H20FNO3. The van der Waals surface area contributed by atoms with Gasteiger partial charge in [-0.05, 0) is 24.1 Å². The molecular weight excluding hydrogens is 261 g/mol. The number of benzene rings is 1. The third-order valence-corrected chi connectivity index (χ3v) is 3.42. The van der Waals surface area contributed by atoms with Gasteiger partial charge in [-0.2, -0.15) is 0 Å². The van der Waals surface area contributed by atoms with Gasteiger partial charge in [-0.1, -0.05) is 25.5 Å². The van der Waals surface area contributed by atoms with Crippen molar-refractivity contribution in [3.05, 3.63) is 35.6 Å². The molecule has 0 aliphatic carbocycles. The van der Waals surface area contributed by atoms with Crippen LogP contribution in [0.15, 0.2) is 24.3 Å². The Labute approximate surface area is 118 Å². The highest BCUT2D eigenvalue weighted by atomic mass is 19.1.